The van der Waals surface area contributed by atoms with Crippen LogP contribution >= 0.6 is 0 Å². The molecule has 0 N–H and O–H groups in total. The molecule has 3 fully saturated rings. The lowest BCUT2D eigenvalue weighted by atomic mass is 9.69. The normalized spacial score (nSPS) is 40.5. The third-order valence-electron chi connectivity index (χ3n) is 6.97. The lowest BCUT2D eigenvalue weighted by Gasteiger charge is -2.37. The SMILES string of the molecule is CC1CCC(C2CCC(C(=O)OC3CCC(C#N)CC3)CC2)CC1. The van der Waals surface area contributed by atoms with Gasteiger partial charge in [0, 0.05) is 5.92 Å². The number of carbonyl (C=O) groups is 1. The monoisotopic (exact) mass is 331 g/mol. The molecule has 0 heterocycles. The molecule has 0 atom stereocenters. The molecular formula is C21H33NO2. The highest BCUT2D eigenvalue weighted by atomic mass is 16.5. The predicted molar refractivity (Wildman–Crippen MR) is 94.0 cm³/mol. The highest BCUT2D eigenvalue weighted by Gasteiger charge is 2.34. The Morgan fingerprint density at radius 2 is 1.38 bits per heavy atom. The molecule has 0 unspecified atom stereocenters. The minimum Gasteiger partial charge on any atom is -0.462 e. The highest BCUT2D eigenvalue weighted by molar-refractivity contribution is 5.72. The second kappa shape index (κ2) is 8.37. The van der Waals surface area contributed by atoms with E-state index < -0.39 is 0 Å². The molecule has 0 aromatic rings. The zero-order valence-electron chi connectivity index (χ0n) is 15.2. The van der Waals surface area contributed by atoms with Gasteiger partial charge in [-0.3, -0.25) is 4.79 Å². The van der Waals surface area contributed by atoms with Gasteiger partial charge in [-0.2, -0.15) is 5.26 Å². The Morgan fingerprint density at radius 3 is 1.92 bits per heavy atom. The first-order chi connectivity index (χ1) is 11.7. The van der Waals surface area contributed by atoms with Crippen LogP contribution in [0, 0.1) is 40.9 Å². The summed E-state index contributed by atoms with van der Waals surface area (Å²) in [6, 6.07) is 2.34. The summed E-state index contributed by atoms with van der Waals surface area (Å²) < 4.78 is 5.77. The maximum Gasteiger partial charge on any atom is 0.309 e. The van der Waals surface area contributed by atoms with Crippen LogP contribution in [0.5, 0.6) is 0 Å². The minimum atomic E-state index is 0.0473. The fourth-order valence-corrected chi connectivity index (χ4v) is 5.15. The third kappa shape index (κ3) is 4.52. The number of esters is 1. The Labute approximate surface area is 147 Å². The van der Waals surface area contributed by atoms with Gasteiger partial charge in [-0.15, -0.1) is 0 Å². The molecule has 3 aliphatic rings. The third-order valence-corrected chi connectivity index (χ3v) is 6.97. The van der Waals surface area contributed by atoms with Crippen molar-refractivity contribution in [3.05, 3.63) is 0 Å². The lowest BCUT2D eigenvalue weighted by molar-refractivity contribution is -0.157. The number of hydrogen-bond acceptors (Lipinski definition) is 3. The van der Waals surface area contributed by atoms with Crippen molar-refractivity contribution < 1.29 is 9.53 Å². The topological polar surface area (TPSA) is 50.1 Å². The minimum absolute atomic E-state index is 0.0473. The van der Waals surface area contributed by atoms with Crippen molar-refractivity contribution in [2.45, 2.75) is 90.1 Å². The van der Waals surface area contributed by atoms with Crippen molar-refractivity contribution in [1.29, 1.82) is 5.26 Å². The van der Waals surface area contributed by atoms with Crippen LogP contribution in [-0.4, -0.2) is 12.1 Å². The van der Waals surface area contributed by atoms with E-state index in [0.29, 0.717) is 0 Å². The summed E-state index contributed by atoms with van der Waals surface area (Å²) in [5.74, 6) is 3.05. The van der Waals surface area contributed by atoms with E-state index in [0.717, 1.165) is 56.3 Å². The van der Waals surface area contributed by atoms with E-state index in [9.17, 15) is 4.79 Å². The van der Waals surface area contributed by atoms with Gasteiger partial charge in [-0.25, -0.2) is 0 Å². The molecule has 0 aromatic heterocycles. The molecule has 3 heteroatoms. The van der Waals surface area contributed by atoms with Crippen LogP contribution in [0.25, 0.3) is 0 Å². The zero-order valence-corrected chi connectivity index (χ0v) is 15.2. The smallest absolute Gasteiger partial charge is 0.309 e. The molecule has 3 nitrogen and oxygen atoms in total. The quantitative estimate of drug-likeness (QED) is 0.664. The van der Waals surface area contributed by atoms with E-state index in [-0.39, 0.29) is 23.9 Å². The second-order valence-corrected chi connectivity index (χ2v) is 8.67. The van der Waals surface area contributed by atoms with Gasteiger partial charge in [0.25, 0.3) is 0 Å². The van der Waals surface area contributed by atoms with Crippen molar-refractivity contribution in [2.75, 3.05) is 0 Å². The van der Waals surface area contributed by atoms with E-state index in [1.54, 1.807) is 0 Å². The first-order valence-electron chi connectivity index (χ1n) is 10.3. The highest BCUT2D eigenvalue weighted by Crippen LogP contribution is 2.41. The number of nitrogens with zero attached hydrogens (tertiary/aromatic N) is 1. The number of hydrogen-bond donors (Lipinski definition) is 0. The van der Waals surface area contributed by atoms with Crippen molar-refractivity contribution in [1.82, 2.24) is 0 Å². The lowest BCUT2D eigenvalue weighted by Crippen LogP contribution is -2.31. The summed E-state index contributed by atoms with van der Waals surface area (Å²) in [7, 11) is 0. The maximum atomic E-state index is 12.5. The van der Waals surface area contributed by atoms with Crippen LogP contribution in [0.15, 0.2) is 0 Å². The maximum absolute atomic E-state index is 12.5. The molecular weight excluding hydrogens is 298 g/mol. The molecule has 3 rings (SSSR count). The summed E-state index contributed by atoms with van der Waals surface area (Å²) in [6.45, 7) is 2.38. The van der Waals surface area contributed by atoms with Crippen LogP contribution in [-0.2, 0) is 9.53 Å². The molecule has 3 aliphatic carbocycles. The number of carbonyl (C=O) groups excluding carboxylic acids is 1. The fraction of sp³-hybridized carbons (Fsp3) is 0.905. The van der Waals surface area contributed by atoms with E-state index >= 15 is 0 Å². The average Bonchev–Trinajstić information content (AvgIpc) is 2.63. The number of nitriles is 1. The summed E-state index contributed by atoms with van der Waals surface area (Å²) in [4.78, 5) is 12.5. The van der Waals surface area contributed by atoms with Crippen LogP contribution in [0.3, 0.4) is 0 Å². The molecule has 0 bridgehead atoms. The summed E-state index contributed by atoms with van der Waals surface area (Å²) in [5, 5.41) is 8.95. The molecule has 0 aliphatic heterocycles. The average molecular weight is 332 g/mol. The molecule has 134 valence electrons. The number of rotatable bonds is 3. The van der Waals surface area contributed by atoms with Gasteiger partial charge in [0.2, 0.25) is 0 Å². The van der Waals surface area contributed by atoms with Crippen LogP contribution in [0.2, 0.25) is 0 Å². The standard InChI is InChI=1S/C21H33NO2/c1-15-2-6-17(7-3-15)18-8-10-19(11-9-18)21(23)24-20-12-4-16(14-22)5-13-20/h15-20H,2-13H2,1H3. The molecule has 24 heavy (non-hydrogen) atoms. The van der Waals surface area contributed by atoms with Crippen LogP contribution in [0.1, 0.15) is 84.0 Å². The molecule has 0 spiro atoms. The summed E-state index contributed by atoms with van der Waals surface area (Å²) in [6.07, 6.45) is 13.7. The Kier molecular flexibility index (Phi) is 6.19. The molecule has 0 radical (unpaired) electrons. The van der Waals surface area contributed by atoms with E-state index in [1.165, 1.54) is 38.5 Å². The van der Waals surface area contributed by atoms with Gasteiger partial charge in [-0.1, -0.05) is 19.8 Å². The van der Waals surface area contributed by atoms with Crippen LogP contribution < -0.4 is 0 Å². The second-order valence-electron chi connectivity index (χ2n) is 8.67. The molecule has 3 saturated carbocycles. The van der Waals surface area contributed by atoms with Gasteiger partial charge < -0.3 is 4.74 Å². The Hall–Kier alpha value is -1.04. The zero-order chi connectivity index (χ0) is 16.9. The summed E-state index contributed by atoms with van der Waals surface area (Å²) >= 11 is 0. The van der Waals surface area contributed by atoms with E-state index in [4.69, 9.17) is 10.00 Å². The van der Waals surface area contributed by atoms with Crippen LogP contribution in [0.4, 0.5) is 0 Å². The Bertz CT molecular complexity index is 445. The Morgan fingerprint density at radius 1 is 0.833 bits per heavy atom. The van der Waals surface area contributed by atoms with Crippen molar-refractivity contribution in [3.8, 4) is 6.07 Å². The van der Waals surface area contributed by atoms with Crippen molar-refractivity contribution in [3.63, 3.8) is 0 Å². The van der Waals surface area contributed by atoms with Crippen molar-refractivity contribution in [2.24, 2.45) is 29.6 Å². The fourth-order valence-electron chi connectivity index (χ4n) is 5.15. The first kappa shape index (κ1) is 17.8. The molecule has 0 aromatic carbocycles. The van der Waals surface area contributed by atoms with E-state index in [1.807, 2.05) is 0 Å². The van der Waals surface area contributed by atoms with Gasteiger partial charge >= 0.3 is 5.97 Å². The number of ether oxygens (including phenoxy) is 1. The van der Waals surface area contributed by atoms with E-state index in [2.05, 4.69) is 13.0 Å². The largest absolute Gasteiger partial charge is 0.462 e. The summed E-state index contributed by atoms with van der Waals surface area (Å²) in [5.41, 5.74) is 0. The van der Waals surface area contributed by atoms with Gasteiger partial charge in [0.15, 0.2) is 0 Å². The Balaban J connectivity index is 1.38. The van der Waals surface area contributed by atoms with Gasteiger partial charge in [0.1, 0.15) is 6.10 Å². The molecule has 0 amide bonds. The first-order valence-corrected chi connectivity index (χ1v) is 10.3. The van der Waals surface area contributed by atoms with Gasteiger partial charge in [-0.05, 0) is 82.0 Å². The predicted octanol–water partition coefficient (Wildman–Crippen LogP) is 5.24. The molecule has 0 saturated heterocycles. The van der Waals surface area contributed by atoms with Crippen molar-refractivity contribution >= 4 is 5.97 Å². The van der Waals surface area contributed by atoms with Gasteiger partial charge in [0.05, 0.1) is 12.0 Å².